The van der Waals surface area contributed by atoms with Gasteiger partial charge in [-0.05, 0) is 0 Å². The third kappa shape index (κ3) is 15.7. The third-order valence-corrected chi connectivity index (χ3v) is 9.55. The van der Waals surface area contributed by atoms with Crippen molar-refractivity contribution in [1.82, 2.24) is 0 Å². The third-order valence-electron chi connectivity index (χ3n) is 1.06. The average molecular weight is 189 g/mol. The first-order chi connectivity index (χ1) is 2.56. The summed E-state index contributed by atoms with van der Waals surface area (Å²) in [6, 6.07) is 0. The van der Waals surface area contributed by atoms with E-state index < -0.39 is 8.07 Å². The lowest BCUT2D eigenvalue weighted by atomic mass is 11.7. The van der Waals surface area contributed by atoms with Gasteiger partial charge >= 0.3 is 0 Å². The van der Waals surface area contributed by atoms with E-state index in [4.69, 9.17) is 0 Å². The molecule has 4 heteroatoms. The Balaban J connectivity index is -0.000000125. The number of hydrogen-bond acceptors (Lipinski definition) is 0. The number of rotatable bonds is 1. The zero-order chi connectivity index (χ0) is 5.21. The number of halogens is 2. The van der Waals surface area contributed by atoms with Gasteiger partial charge in [-0.25, -0.2) is 0 Å². The van der Waals surface area contributed by atoms with Crippen LogP contribution in [-0.2, 0) is 0 Å². The van der Waals surface area contributed by atoms with Gasteiger partial charge in [0.15, 0.2) is 0 Å². The van der Waals surface area contributed by atoms with Crippen LogP contribution in [0.2, 0.25) is 24.5 Å². The summed E-state index contributed by atoms with van der Waals surface area (Å²) in [7, 11) is -0.569. The normalized spacial score (nSPS) is 8.88. The molecule has 0 radical (unpaired) electrons. The summed E-state index contributed by atoms with van der Waals surface area (Å²) in [5.41, 5.74) is 0. The van der Waals surface area contributed by atoms with Gasteiger partial charge in [0, 0.05) is 8.07 Å². The second kappa shape index (κ2) is 6.45. The van der Waals surface area contributed by atoms with Gasteiger partial charge in [-0.1, -0.05) is 19.6 Å². The molecule has 0 aromatic rings. The second-order valence-electron chi connectivity index (χ2n) is 2.91. The maximum Gasteiger partial charge on any atom is 0.208 e. The maximum absolute atomic E-state index is 2.42. The van der Waals surface area contributed by atoms with Gasteiger partial charge in [0.25, 0.3) is 0 Å². The van der Waals surface area contributed by atoms with Crippen molar-refractivity contribution >= 4 is 49.2 Å². The molecule has 0 aromatic carbocycles. The highest BCUT2D eigenvalue weighted by atomic mass is 35.5. The molecule has 0 rings (SSSR count). The van der Waals surface area contributed by atoms with Gasteiger partial charge in [-0.3, -0.25) is 0 Å². The first-order valence-corrected chi connectivity index (χ1v) is 7.68. The van der Waals surface area contributed by atoms with Crippen LogP contribution in [0.25, 0.3) is 0 Å². The minimum Gasteiger partial charge on any atom is -0.147 e. The molecule has 0 saturated carbocycles. The molecule has 0 bridgehead atoms. The van der Waals surface area contributed by atoms with E-state index in [0.717, 1.165) is 0 Å². The monoisotopic (exact) mass is 188 g/mol. The molecule has 0 saturated heterocycles. The fourth-order valence-electron chi connectivity index (χ4n) is 0. The minimum atomic E-state index is -0.569. The van der Waals surface area contributed by atoms with Gasteiger partial charge in [0.1, 0.15) is 0 Å². The Bertz CT molecular complexity index is 43.8. The van der Waals surface area contributed by atoms with Crippen LogP contribution in [0, 0.1) is 0 Å². The summed E-state index contributed by atoms with van der Waals surface area (Å²) < 4.78 is 0. The fraction of sp³-hybridized carbons (Fsp3) is 1.00. The van der Waals surface area contributed by atoms with E-state index in [1.807, 2.05) is 0 Å². The highest BCUT2D eigenvalue weighted by molar-refractivity contribution is 6.80. The molecule has 0 amide bonds. The van der Waals surface area contributed by atoms with Crippen molar-refractivity contribution in [3.05, 3.63) is 0 Å². The molecule has 52 valence electrons. The van der Waals surface area contributed by atoms with Gasteiger partial charge in [-0.2, -0.15) is 0 Å². The Hall–Kier alpha value is 1.33. The Morgan fingerprint density at radius 3 is 1.25 bits per heavy atom. The quantitative estimate of drug-likeness (QED) is 0.551. The van der Waals surface area contributed by atoms with E-state index in [1.54, 1.807) is 4.91 Å². The van der Waals surface area contributed by atoms with Crippen LogP contribution in [0.5, 0.6) is 0 Å². The second-order valence-corrected chi connectivity index (χ2v) is 10.9. The smallest absolute Gasteiger partial charge is 0.147 e. The van der Waals surface area contributed by atoms with Crippen molar-refractivity contribution in [3.63, 3.8) is 0 Å². The summed E-state index contributed by atoms with van der Waals surface area (Å²) >= 11 is 1.41. The zero-order valence-corrected chi connectivity index (χ0v) is 10.7. The molecule has 0 unspecified atom stereocenters. The molecular weight excluding hydrogens is 174 g/mol. The van der Waals surface area contributed by atoms with E-state index in [2.05, 4.69) is 19.6 Å². The standard InChI is InChI=1S/C4H11Si.Al.2ClH.2H/c1-5(2,3)4;;;;;/h1H2,2-4H3;;2*1H;;. The van der Waals surface area contributed by atoms with Crippen LogP contribution in [0.4, 0.5) is 0 Å². The van der Waals surface area contributed by atoms with Crippen molar-refractivity contribution in [2.45, 2.75) is 24.5 Å². The van der Waals surface area contributed by atoms with E-state index in [-0.39, 0.29) is 24.8 Å². The predicted octanol–water partition coefficient (Wildman–Crippen LogP) is 1.76. The van der Waals surface area contributed by atoms with E-state index in [0.29, 0.717) is 0 Å². The summed E-state index contributed by atoms with van der Waals surface area (Å²) in [4.78, 5) is 1.55. The van der Waals surface area contributed by atoms with Crippen LogP contribution in [0.1, 0.15) is 0 Å². The topological polar surface area (TPSA) is 0 Å². The Labute approximate surface area is 73.7 Å². The molecule has 0 aliphatic carbocycles. The molecular formula is C4H15AlCl2Si. The van der Waals surface area contributed by atoms with Crippen LogP contribution < -0.4 is 0 Å². The van der Waals surface area contributed by atoms with Crippen LogP contribution in [-0.4, -0.2) is 24.4 Å². The van der Waals surface area contributed by atoms with Crippen molar-refractivity contribution in [2.75, 3.05) is 0 Å². The predicted molar refractivity (Wildman–Crippen MR) is 51.2 cm³/mol. The van der Waals surface area contributed by atoms with Gasteiger partial charge in [0.2, 0.25) is 16.3 Å². The van der Waals surface area contributed by atoms with Crippen LogP contribution >= 0.6 is 24.8 Å². The summed E-state index contributed by atoms with van der Waals surface area (Å²) in [6.07, 6.45) is 0. The SMILES string of the molecule is C[Si](C)(C)[CH2][AlH2].Cl.Cl. The first-order valence-electron chi connectivity index (χ1n) is 2.56. The largest absolute Gasteiger partial charge is 0.208 e. The van der Waals surface area contributed by atoms with Crippen molar-refractivity contribution in [2.24, 2.45) is 0 Å². The molecule has 0 atom stereocenters. The van der Waals surface area contributed by atoms with Crippen LogP contribution in [0.15, 0.2) is 0 Å². The Kier molecular flexibility index (Phi) is 13.0. The molecule has 0 heterocycles. The molecule has 0 aliphatic heterocycles. The summed E-state index contributed by atoms with van der Waals surface area (Å²) in [6.45, 7) is 7.25. The Morgan fingerprint density at radius 2 is 1.25 bits per heavy atom. The molecule has 8 heavy (non-hydrogen) atoms. The highest BCUT2D eigenvalue weighted by Gasteiger charge is 2.06. The minimum absolute atomic E-state index is 0. The van der Waals surface area contributed by atoms with Gasteiger partial charge in [0.05, 0.1) is 0 Å². The zero-order valence-electron chi connectivity index (χ0n) is 6.02. The van der Waals surface area contributed by atoms with E-state index in [9.17, 15) is 0 Å². The van der Waals surface area contributed by atoms with Crippen molar-refractivity contribution in [3.8, 4) is 0 Å². The molecule has 0 aliphatic rings. The Morgan fingerprint density at radius 1 is 1.12 bits per heavy atom. The van der Waals surface area contributed by atoms with Gasteiger partial charge < -0.3 is 0 Å². The number of hydrogen-bond donors (Lipinski definition) is 0. The molecule has 0 N–H and O–H groups in total. The molecule has 0 fully saturated rings. The lowest BCUT2D eigenvalue weighted by Gasteiger charge is -2.09. The molecule has 0 aromatic heterocycles. The maximum atomic E-state index is 2.42. The van der Waals surface area contributed by atoms with Crippen molar-refractivity contribution in [1.29, 1.82) is 0 Å². The summed E-state index contributed by atoms with van der Waals surface area (Å²) in [5.74, 6) is 0. The molecule has 0 spiro atoms. The molecule has 0 nitrogen and oxygen atoms in total. The first kappa shape index (κ1) is 16.2. The van der Waals surface area contributed by atoms with Crippen LogP contribution in [0.3, 0.4) is 0 Å². The van der Waals surface area contributed by atoms with E-state index in [1.165, 1.54) is 16.3 Å². The van der Waals surface area contributed by atoms with Crippen molar-refractivity contribution < 1.29 is 0 Å². The van der Waals surface area contributed by atoms with E-state index >= 15 is 0 Å². The lowest BCUT2D eigenvalue weighted by Crippen LogP contribution is -2.18. The summed E-state index contributed by atoms with van der Waals surface area (Å²) in [5, 5.41) is 0. The van der Waals surface area contributed by atoms with Gasteiger partial charge in [-0.15, -0.1) is 29.7 Å². The lowest BCUT2D eigenvalue weighted by molar-refractivity contribution is 1.65. The highest BCUT2D eigenvalue weighted by Crippen LogP contribution is 2.01. The average Bonchev–Trinajstić information content (AvgIpc) is 1.35. The fourth-order valence-corrected chi connectivity index (χ4v) is 0.